The number of anilines is 1. The molecule has 1 aromatic rings. The average molecular weight is 420 g/mol. The first-order valence-electron chi connectivity index (χ1n) is 9.68. The Labute approximate surface area is 162 Å². The van der Waals surface area contributed by atoms with Gasteiger partial charge in [0.25, 0.3) is 0 Å². The van der Waals surface area contributed by atoms with Gasteiger partial charge in [-0.1, -0.05) is 29.8 Å². The average Bonchev–Trinajstić information content (AvgIpc) is 2.84. The van der Waals surface area contributed by atoms with Gasteiger partial charge in [-0.05, 0) is 31.0 Å². The lowest BCUT2D eigenvalue weighted by Gasteiger charge is -2.63. The van der Waals surface area contributed by atoms with Gasteiger partial charge in [-0.3, -0.25) is 19.4 Å². The molecule has 5 heterocycles. The Morgan fingerprint density at radius 3 is 2.08 bits per heavy atom. The van der Waals surface area contributed by atoms with Crippen molar-refractivity contribution in [2.75, 3.05) is 38.1 Å². The molecule has 4 bridgehead atoms. The number of carbonyl (C=O) groups is 2. The van der Waals surface area contributed by atoms with Gasteiger partial charge in [0.05, 0.1) is 5.69 Å². The number of rotatable bonds is 2. The van der Waals surface area contributed by atoms with Gasteiger partial charge in [-0.2, -0.15) is 0 Å². The second-order valence-corrected chi connectivity index (χ2v) is 9.70. The number of quaternary nitrogens is 2. The van der Waals surface area contributed by atoms with Crippen molar-refractivity contribution in [2.45, 2.75) is 32.4 Å². The highest BCUT2D eigenvalue weighted by molar-refractivity contribution is 9.10. The van der Waals surface area contributed by atoms with E-state index in [1.165, 1.54) is 9.80 Å². The molecule has 0 aromatic heterocycles. The van der Waals surface area contributed by atoms with E-state index in [1.54, 1.807) is 0 Å². The topological polar surface area (TPSA) is 46.3 Å². The van der Waals surface area contributed by atoms with Gasteiger partial charge < -0.3 is 4.90 Å². The van der Waals surface area contributed by atoms with Crippen molar-refractivity contribution in [1.29, 1.82) is 0 Å². The molecule has 1 amide bonds. The van der Waals surface area contributed by atoms with Crippen LogP contribution in [0.5, 0.6) is 0 Å². The van der Waals surface area contributed by atoms with Crippen LogP contribution in [-0.2, 0) is 15.3 Å². The van der Waals surface area contributed by atoms with E-state index in [9.17, 15) is 9.59 Å². The molecule has 5 aliphatic heterocycles. The number of benzene rings is 1. The van der Waals surface area contributed by atoms with Crippen LogP contribution in [0.2, 0.25) is 0 Å². The van der Waals surface area contributed by atoms with Crippen molar-refractivity contribution in [3.63, 3.8) is 0 Å². The molecule has 4 fully saturated rings. The van der Waals surface area contributed by atoms with Crippen LogP contribution in [-0.4, -0.2) is 44.9 Å². The maximum Gasteiger partial charge on any atom is 0.353 e. The lowest BCUT2D eigenvalue weighted by molar-refractivity contribution is -1.20. The van der Waals surface area contributed by atoms with E-state index in [1.807, 2.05) is 18.0 Å². The number of hydrogen-bond donors (Lipinski definition) is 2. The smallest absolute Gasteiger partial charge is 0.303 e. The third-order valence-corrected chi connectivity index (χ3v) is 8.43. The van der Waals surface area contributed by atoms with Crippen LogP contribution in [0.25, 0.3) is 0 Å². The molecule has 4 saturated heterocycles. The van der Waals surface area contributed by atoms with E-state index in [2.05, 4.69) is 41.9 Å². The Balaban J connectivity index is 1.74. The summed E-state index contributed by atoms with van der Waals surface area (Å²) < 4.78 is 1.01. The first-order chi connectivity index (χ1) is 12.3. The Hall–Kier alpha value is -1.24. The van der Waals surface area contributed by atoms with Gasteiger partial charge in [0.2, 0.25) is 0 Å². The maximum atomic E-state index is 13.6. The highest BCUT2D eigenvalue weighted by atomic mass is 79.9. The molecule has 0 radical (unpaired) electrons. The number of nitrogens with one attached hydrogen (secondary N) is 2. The minimum atomic E-state index is -0.577. The number of halogens is 1. The molecule has 0 atom stereocenters. The monoisotopic (exact) mass is 419 g/mol. The summed E-state index contributed by atoms with van der Waals surface area (Å²) in [7, 11) is 1.90. The first kappa shape index (κ1) is 16.9. The van der Waals surface area contributed by atoms with Crippen LogP contribution < -0.4 is 14.7 Å². The largest absolute Gasteiger partial charge is 0.353 e. The summed E-state index contributed by atoms with van der Waals surface area (Å²) in [5.41, 5.74) is 1.07. The molecule has 6 heteroatoms. The van der Waals surface area contributed by atoms with Crippen LogP contribution >= 0.6 is 15.9 Å². The molecule has 6 rings (SSSR count). The SMILES string of the molecule is CCC12C[NH+]3CC(CC)(C[NH+](C1)C31C(=O)N(C)c3ccc(Br)cc31)C2=O. The molecule has 1 aromatic carbocycles. The fraction of sp³-hybridized carbons (Fsp3) is 0.600. The molecule has 138 valence electrons. The lowest BCUT2D eigenvalue weighted by Crippen LogP contribution is -3.49. The summed E-state index contributed by atoms with van der Waals surface area (Å²) >= 11 is 3.61. The summed E-state index contributed by atoms with van der Waals surface area (Å²) in [6, 6.07) is 6.20. The molecule has 5 nitrogen and oxygen atoms in total. The van der Waals surface area contributed by atoms with E-state index >= 15 is 0 Å². The van der Waals surface area contributed by atoms with Crippen molar-refractivity contribution in [2.24, 2.45) is 10.8 Å². The molecule has 26 heavy (non-hydrogen) atoms. The van der Waals surface area contributed by atoms with Crippen LogP contribution in [0.3, 0.4) is 0 Å². The Morgan fingerprint density at radius 1 is 1.04 bits per heavy atom. The van der Waals surface area contributed by atoms with Crippen molar-refractivity contribution in [1.82, 2.24) is 0 Å². The number of likely N-dealkylation sites (N-methyl/N-ethyl adjacent to an activating group) is 1. The standard InChI is InChI=1S/C20H24BrN3O2/c1-4-18-9-23-11-19(5-2,16(18)25)12-24(10-18)20(23)14-8-13(21)6-7-15(14)22(3)17(20)26/h6-8H,4-5,9-12H2,1-3H3/p+2. The fourth-order valence-corrected chi connectivity index (χ4v) is 6.99. The summed E-state index contributed by atoms with van der Waals surface area (Å²) in [6.07, 6.45) is 1.76. The zero-order chi connectivity index (χ0) is 18.5. The van der Waals surface area contributed by atoms with Crippen LogP contribution in [0, 0.1) is 10.8 Å². The number of ketones is 1. The fourth-order valence-electron chi connectivity index (χ4n) is 6.63. The second-order valence-electron chi connectivity index (χ2n) is 8.79. The number of piperidine rings is 2. The molecular formula is C20H26BrN3O2+2. The van der Waals surface area contributed by atoms with Crippen molar-refractivity contribution in [3.8, 4) is 0 Å². The van der Waals surface area contributed by atoms with E-state index in [0.29, 0.717) is 5.78 Å². The lowest BCUT2D eigenvalue weighted by atomic mass is 9.57. The number of Topliss-reactive ketones (excluding diaryl/α,β-unsaturated/α-hetero) is 1. The zero-order valence-corrected chi connectivity index (χ0v) is 17.2. The Bertz CT molecular complexity index is 809. The molecule has 1 spiro atoms. The minimum absolute atomic E-state index is 0.194. The van der Waals surface area contributed by atoms with Gasteiger partial charge in [-0.25, -0.2) is 0 Å². The molecule has 0 saturated carbocycles. The van der Waals surface area contributed by atoms with E-state index in [4.69, 9.17) is 0 Å². The van der Waals surface area contributed by atoms with E-state index in [-0.39, 0.29) is 16.7 Å². The number of carbonyl (C=O) groups excluding carboxylic acids is 2. The van der Waals surface area contributed by atoms with Crippen molar-refractivity contribution >= 4 is 33.3 Å². The highest BCUT2D eigenvalue weighted by Gasteiger charge is 2.80. The summed E-state index contributed by atoms with van der Waals surface area (Å²) in [5, 5.41) is 0. The van der Waals surface area contributed by atoms with Gasteiger partial charge in [0.1, 0.15) is 42.6 Å². The summed E-state index contributed by atoms with van der Waals surface area (Å²) in [5.74, 6) is 0.671. The first-order valence-corrected chi connectivity index (χ1v) is 10.5. The molecule has 5 aliphatic rings. The normalized spacial score (nSPS) is 42.8. The third kappa shape index (κ3) is 1.61. The summed E-state index contributed by atoms with van der Waals surface area (Å²) in [6.45, 7) is 7.46. The third-order valence-electron chi connectivity index (χ3n) is 7.93. The molecular weight excluding hydrogens is 394 g/mol. The second kappa shape index (κ2) is 4.97. The highest BCUT2D eigenvalue weighted by Crippen LogP contribution is 2.45. The number of amides is 1. The number of fused-ring (bicyclic) bond motifs is 1. The van der Waals surface area contributed by atoms with Gasteiger partial charge in [0.15, 0.2) is 5.78 Å². The van der Waals surface area contributed by atoms with Crippen LogP contribution in [0.1, 0.15) is 32.3 Å². The van der Waals surface area contributed by atoms with Crippen LogP contribution in [0.15, 0.2) is 22.7 Å². The Kier molecular flexibility index (Phi) is 3.23. The number of hydrogen-bond acceptors (Lipinski definition) is 2. The van der Waals surface area contributed by atoms with Gasteiger partial charge in [0, 0.05) is 11.5 Å². The van der Waals surface area contributed by atoms with E-state index < -0.39 is 5.66 Å². The molecule has 0 unspecified atom stereocenters. The maximum absolute atomic E-state index is 13.6. The number of nitrogens with zero attached hydrogens (tertiary/aromatic N) is 1. The quantitative estimate of drug-likeness (QED) is 0.694. The predicted octanol–water partition coefficient (Wildman–Crippen LogP) is -0.249. The predicted molar refractivity (Wildman–Crippen MR) is 101 cm³/mol. The molecule has 0 aliphatic carbocycles. The van der Waals surface area contributed by atoms with Gasteiger partial charge in [-0.15, -0.1) is 0 Å². The molecule has 2 N–H and O–H groups in total. The van der Waals surface area contributed by atoms with Crippen molar-refractivity contribution in [3.05, 3.63) is 28.2 Å². The van der Waals surface area contributed by atoms with Crippen molar-refractivity contribution < 1.29 is 19.4 Å². The zero-order valence-electron chi connectivity index (χ0n) is 15.6. The summed E-state index contributed by atoms with van der Waals surface area (Å²) in [4.78, 5) is 31.5. The van der Waals surface area contributed by atoms with Crippen LogP contribution in [0.4, 0.5) is 5.69 Å². The van der Waals surface area contributed by atoms with E-state index in [0.717, 1.165) is 54.7 Å². The Morgan fingerprint density at radius 2 is 1.58 bits per heavy atom. The van der Waals surface area contributed by atoms with Gasteiger partial charge >= 0.3 is 11.6 Å². The minimum Gasteiger partial charge on any atom is -0.303 e.